The average Bonchev–Trinajstić information content (AvgIpc) is 2.86. The Labute approximate surface area is 190 Å². The topological polar surface area (TPSA) is 32.3 Å². The van der Waals surface area contributed by atoms with E-state index in [9.17, 15) is 0 Å². The molecule has 4 heteroatoms. The van der Waals surface area contributed by atoms with Gasteiger partial charge in [0.05, 0.1) is 6.04 Å². The van der Waals surface area contributed by atoms with Gasteiger partial charge >= 0.3 is 0 Å². The zero-order valence-electron chi connectivity index (χ0n) is 18.4. The molecule has 1 aliphatic rings. The Balaban J connectivity index is 1.37. The van der Waals surface area contributed by atoms with E-state index in [1.807, 2.05) is 18.2 Å². The maximum absolute atomic E-state index is 4.91. The minimum Gasteiger partial charge on any atom is -0.354 e. The van der Waals surface area contributed by atoms with E-state index in [2.05, 4.69) is 101 Å². The van der Waals surface area contributed by atoms with Crippen LogP contribution in [0.25, 0.3) is 11.4 Å². The summed E-state index contributed by atoms with van der Waals surface area (Å²) in [4.78, 5) is 14.6. The second kappa shape index (κ2) is 9.33. The number of aryl methyl sites for hydroxylation is 1. The van der Waals surface area contributed by atoms with Crippen molar-refractivity contribution in [2.24, 2.45) is 0 Å². The summed E-state index contributed by atoms with van der Waals surface area (Å²) in [6.07, 6.45) is 0. The molecular weight excluding hydrogens is 392 g/mol. The third kappa shape index (κ3) is 4.41. The number of piperazine rings is 1. The first-order chi connectivity index (χ1) is 15.8. The molecule has 0 N–H and O–H groups in total. The van der Waals surface area contributed by atoms with Crippen molar-refractivity contribution in [3.63, 3.8) is 0 Å². The van der Waals surface area contributed by atoms with Crippen molar-refractivity contribution < 1.29 is 0 Å². The molecule has 1 aliphatic heterocycles. The van der Waals surface area contributed by atoms with E-state index < -0.39 is 0 Å². The van der Waals surface area contributed by atoms with Crippen molar-refractivity contribution in [1.29, 1.82) is 0 Å². The summed E-state index contributed by atoms with van der Waals surface area (Å²) in [5.74, 6) is 1.82. The smallest absolute Gasteiger partial charge is 0.161 e. The molecule has 1 aromatic heterocycles. The fourth-order valence-corrected chi connectivity index (χ4v) is 4.52. The molecule has 1 saturated heterocycles. The third-order valence-corrected chi connectivity index (χ3v) is 6.11. The lowest BCUT2D eigenvalue weighted by Crippen LogP contribution is -2.48. The van der Waals surface area contributed by atoms with E-state index in [0.29, 0.717) is 0 Å². The number of benzene rings is 3. The van der Waals surface area contributed by atoms with E-state index in [1.54, 1.807) is 0 Å². The Bertz CT molecular complexity index is 1100. The molecule has 0 saturated carbocycles. The van der Waals surface area contributed by atoms with Crippen LogP contribution in [-0.4, -0.2) is 41.0 Å². The number of hydrogen-bond acceptors (Lipinski definition) is 4. The van der Waals surface area contributed by atoms with Crippen molar-refractivity contribution in [3.8, 4) is 11.4 Å². The number of aromatic nitrogens is 2. The lowest BCUT2D eigenvalue weighted by atomic mass is 9.96. The van der Waals surface area contributed by atoms with Gasteiger partial charge in [0.15, 0.2) is 5.82 Å². The van der Waals surface area contributed by atoms with E-state index in [1.165, 1.54) is 11.1 Å². The number of anilines is 1. The summed E-state index contributed by atoms with van der Waals surface area (Å²) in [6.45, 7) is 5.91. The van der Waals surface area contributed by atoms with Crippen LogP contribution in [0.1, 0.15) is 22.9 Å². The summed E-state index contributed by atoms with van der Waals surface area (Å²) >= 11 is 0. The van der Waals surface area contributed by atoms with Gasteiger partial charge in [-0.3, -0.25) is 4.90 Å². The van der Waals surface area contributed by atoms with Crippen LogP contribution in [0.2, 0.25) is 0 Å². The highest BCUT2D eigenvalue weighted by atomic mass is 15.3. The molecule has 32 heavy (non-hydrogen) atoms. The van der Waals surface area contributed by atoms with E-state index in [4.69, 9.17) is 4.98 Å². The normalized spacial score (nSPS) is 14.6. The van der Waals surface area contributed by atoms with Gasteiger partial charge in [-0.1, -0.05) is 91.0 Å². The van der Waals surface area contributed by atoms with Crippen molar-refractivity contribution >= 4 is 5.82 Å². The van der Waals surface area contributed by atoms with Crippen molar-refractivity contribution in [2.45, 2.75) is 13.0 Å². The van der Waals surface area contributed by atoms with Gasteiger partial charge in [0.2, 0.25) is 0 Å². The Hall–Kier alpha value is -3.50. The van der Waals surface area contributed by atoms with Gasteiger partial charge in [0, 0.05) is 43.5 Å². The minimum absolute atomic E-state index is 0.270. The summed E-state index contributed by atoms with van der Waals surface area (Å²) in [5, 5.41) is 0. The Morgan fingerprint density at radius 3 is 1.75 bits per heavy atom. The Morgan fingerprint density at radius 1 is 0.656 bits per heavy atom. The minimum atomic E-state index is 0.270. The zero-order chi connectivity index (χ0) is 21.8. The van der Waals surface area contributed by atoms with Crippen molar-refractivity contribution in [3.05, 3.63) is 114 Å². The molecule has 160 valence electrons. The lowest BCUT2D eigenvalue weighted by Gasteiger charge is -2.40. The van der Waals surface area contributed by atoms with Crippen LogP contribution < -0.4 is 4.90 Å². The third-order valence-electron chi connectivity index (χ3n) is 6.11. The van der Waals surface area contributed by atoms with E-state index in [0.717, 1.165) is 49.1 Å². The molecule has 5 rings (SSSR count). The van der Waals surface area contributed by atoms with Gasteiger partial charge in [-0.15, -0.1) is 0 Å². The highest BCUT2D eigenvalue weighted by molar-refractivity contribution is 5.58. The fourth-order valence-electron chi connectivity index (χ4n) is 4.52. The predicted octanol–water partition coefficient (Wildman–Crippen LogP) is 5.36. The second-order valence-corrected chi connectivity index (χ2v) is 8.30. The number of hydrogen-bond donors (Lipinski definition) is 0. The van der Waals surface area contributed by atoms with Gasteiger partial charge < -0.3 is 4.90 Å². The molecule has 3 aromatic carbocycles. The Morgan fingerprint density at radius 2 is 1.19 bits per heavy atom. The van der Waals surface area contributed by atoms with Gasteiger partial charge in [-0.25, -0.2) is 9.97 Å². The fraction of sp³-hybridized carbons (Fsp3) is 0.214. The first-order valence-corrected chi connectivity index (χ1v) is 11.3. The molecule has 0 atom stereocenters. The van der Waals surface area contributed by atoms with Crippen LogP contribution in [0, 0.1) is 6.92 Å². The van der Waals surface area contributed by atoms with Crippen LogP contribution in [0.3, 0.4) is 0 Å². The van der Waals surface area contributed by atoms with Gasteiger partial charge in [-0.05, 0) is 18.1 Å². The van der Waals surface area contributed by atoms with E-state index in [-0.39, 0.29) is 6.04 Å². The summed E-state index contributed by atoms with van der Waals surface area (Å²) in [5.41, 5.74) is 4.75. The molecular formula is C28H28N4. The first-order valence-electron chi connectivity index (χ1n) is 11.3. The maximum Gasteiger partial charge on any atom is 0.161 e. The maximum atomic E-state index is 4.91. The quantitative estimate of drug-likeness (QED) is 0.435. The van der Waals surface area contributed by atoms with Gasteiger partial charge in [-0.2, -0.15) is 0 Å². The van der Waals surface area contributed by atoms with Crippen molar-refractivity contribution in [1.82, 2.24) is 14.9 Å². The standard InChI is InChI=1S/C28H28N4/c1-22-21-26(30-28(29-22)25-15-9-4-10-16-25)31-17-19-32(20-18-31)27(23-11-5-2-6-12-23)24-13-7-3-8-14-24/h2-16,21,27H,17-20H2,1H3. The zero-order valence-corrected chi connectivity index (χ0v) is 18.4. The highest BCUT2D eigenvalue weighted by Gasteiger charge is 2.27. The molecule has 0 unspecified atom stereocenters. The first kappa shape index (κ1) is 20.4. The van der Waals surface area contributed by atoms with Gasteiger partial charge in [0.25, 0.3) is 0 Å². The van der Waals surface area contributed by atoms with Crippen LogP contribution >= 0.6 is 0 Å². The predicted molar refractivity (Wildman–Crippen MR) is 131 cm³/mol. The summed E-state index contributed by atoms with van der Waals surface area (Å²) in [6, 6.07) is 34.3. The SMILES string of the molecule is Cc1cc(N2CCN(C(c3ccccc3)c3ccccc3)CC2)nc(-c2ccccc2)n1. The number of rotatable bonds is 5. The molecule has 4 aromatic rings. The van der Waals surface area contributed by atoms with Crippen LogP contribution in [-0.2, 0) is 0 Å². The Kier molecular flexibility index (Phi) is 5.95. The van der Waals surface area contributed by atoms with Crippen LogP contribution in [0.5, 0.6) is 0 Å². The monoisotopic (exact) mass is 420 g/mol. The summed E-state index contributed by atoms with van der Waals surface area (Å²) in [7, 11) is 0. The number of nitrogens with zero attached hydrogens (tertiary/aromatic N) is 4. The van der Waals surface area contributed by atoms with E-state index >= 15 is 0 Å². The van der Waals surface area contributed by atoms with Crippen LogP contribution in [0.4, 0.5) is 5.82 Å². The average molecular weight is 421 g/mol. The molecule has 4 nitrogen and oxygen atoms in total. The largest absolute Gasteiger partial charge is 0.354 e. The molecule has 1 fully saturated rings. The molecule has 0 spiro atoms. The molecule has 2 heterocycles. The van der Waals surface area contributed by atoms with Gasteiger partial charge in [0.1, 0.15) is 5.82 Å². The second-order valence-electron chi connectivity index (χ2n) is 8.30. The van der Waals surface area contributed by atoms with Crippen LogP contribution in [0.15, 0.2) is 97.1 Å². The molecule has 0 aliphatic carbocycles. The summed E-state index contributed by atoms with van der Waals surface area (Å²) < 4.78 is 0. The molecule has 0 bridgehead atoms. The molecule has 0 radical (unpaired) electrons. The highest BCUT2D eigenvalue weighted by Crippen LogP contribution is 2.30. The molecule has 0 amide bonds. The lowest BCUT2D eigenvalue weighted by molar-refractivity contribution is 0.212. The van der Waals surface area contributed by atoms with Crippen molar-refractivity contribution in [2.75, 3.05) is 31.1 Å².